The summed E-state index contributed by atoms with van der Waals surface area (Å²) in [5.41, 5.74) is 1.75. The van der Waals surface area contributed by atoms with E-state index in [-0.39, 0.29) is 23.0 Å². The third kappa shape index (κ3) is 5.84. The van der Waals surface area contributed by atoms with Gasteiger partial charge in [0.25, 0.3) is 0 Å². The molecule has 12 nitrogen and oxygen atoms in total. The van der Waals surface area contributed by atoms with Gasteiger partial charge >= 0.3 is 0 Å². The highest BCUT2D eigenvalue weighted by Crippen LogP contribution is 2.70. The van der Waals surface area contributed by atoms with E-state index in [1.165, 1.54) is 31.8 Å². The summed E-state index contributed by atoms with van der Waals surface area (Å²) in [6, 6.07) is 0. The highest BCUT2D eigenvalue weighted by molar-refractivity contribution is 5.26. The van der Waals surface area contributed by atoms with E-state index in [0.29, 0.717) is 35.5 Å². The molecule has 3 saturated carbocycles. The molecule has 21 atom stereocenters. The lowest BCUT2D eigenvalue weighted by molar-refractivity contribution is -0.360. The first-order valence-corrected chi connectivity index (χ1v) is 19.8. The van der Waals surface area contributed by atoms with Gasteiger partial charge in [0, 0.05) is 12.3 Å². The standard InChI is InChI=1S/C39H62O12/c1-18-8-13-39(46-17-18)19(2)28-26(51-39)15-25-23-7-6-21-14-22(9-11-37(21,4)24(23)10-12-38(25,28)5)48-36-33(45)31(43)34(27(16-40)49-36)50-35-32(44)30(42)29(41)20(3)47-35/h6,18-20,22-36,40-45H,7-17H2,1-5H3/t18-,19-,20+,22-,23-,24+,25+,26-,27+,28-,29+,30-,31+,32+,33+,34+,35-,36+,37-,38-,39-/m0/s1. The molecule has 1 spiro atoms. The maximum absolute atomic E-state index is 11.1. The quantitative estimate of drug-likeness (QED) is 0.229. The van der Waals surface area contributed by atoms with Crippen molar-refractivity contribution in [3.8, 4) is 0 Å². The van der Waals surface area contributed by atoms with E-state index in [4.69, 9.17) is 28.4 Å². The zero-order chi connectivity index (χ0) is 36.2. The fraction of sp³-hybridized carbons (Fsp3) is 0.949. The number of hydrogen-bond donors (Lipinski definition) is 6. The summed E-state index contributed by atoms with van der Waals surface area (Å²) in [6.07, 6.45) is -1.53. The van der Waals surface area contributed by atoms with Gasteiger partial charge in [0.1, 0.15) is 42.7 Å². The van der Waals surface area contributed by atoms with E-state index in [0.717, 1.165) is 45.1 Å². The van der Waals surface area contributed by atoms with Crippen LogP contribution in [-0.2, 0) is 28.4 Å². The SMILES string of the molecule is C[C@H]1CC[C@]2(OC1)O[C@H]1C[C@@H]3[C@H]4CC=C5C[C@@H](O[C@@H]6O[C@H](CO)[C@@H](O[C@@H]7O[C@H](C)[C@@H](O)[C@H](O)[C@H]7O)[C@H](O)[C@H]6O)CC[C@]5(C)[C@@H]4CC[C@]3(C)[C@H]1[C@@H]2C. The summed E-state index contributed by atoms with van der Waals surface area (Å²) in [7, 11) is 0. The molecule has 51 heavy (non-hydrogen) atoms. The van der Waals surface area contributed by atoms with Gasteiger partial charge in [-0.3, -0.25) is 0 Å². The lowest BCUT2D eigenvalue weighted by Gasteiger charge is -2.58. The van der Waals surface area contributed by atoms with Crippen molar-refractivity contribution in [2.75, 3.05) is 13.2 Å². The van der Waals surface area contributed by atoms with Crippen molar-refractivity contribution in [1.82, 2.24) is 0 Å². The second-order valence-corrected chi connectivity index (χ2v) is 18.3. The number of ether oxygens (including phenoxy) is 6. The molecule has 12 heteroatoms. The molecule has 0 radical (unpaired) electrons. The van der Waals surface area contributed by atoms with Crippen LogP contribution < -0.4 is 0 Å². The second-order valence-electron chi connectivity index (χ2n) is 18.3. The maximum atomic E-state index is 11.1. The first-order valence-electron chi connectivity index (χ1n) is 19.8. The Labute approximate surface area is 301 Å². The molecular formula is C39H62O12. The van der Waals surface area contributed by atoms with Gasteiger partial charge in [-0.25, -0.2) is 0 Å². The lowest BCUT2D eigenvalue weighted by atomic mass is 9.47. The van der Waals surface area contributed by atoms with Gasteiger partial charge in [0.2, 0.25) is 0 Å². The van der Waals surface area contributed by atoms with Crippen LogP contribution in [0, 0.1) is 46.3 Å². The molecule has 0 aromatic carbocycles. The van der Waals surface area contributed by atoms with Crippen LogP contribution >= 0.6 is 0 Å². The van der Waals surface area contributed by atoms with Gasteiger partial charge in [-0.1, -0.05) is 39.3 Å². The highest BCUT2D eigenvalue weighted by atomic mass is 16.7. The third-order valence-corrected chi connectivity index (χ3v) is 15.6. The van der Waals surface area contributed by atoms with Crippen molar-refractivity contribution in [3.63, 3.8) is 0 Å². The molecule has 290 valence electrons. The molecule has 0 aromatic heterocycles. The Hall–Kier alpha value is -0.740. The zero-order valence-corrected chi connectivity index (χ0v) is 30.9. The summed E-state index contributed by atoms with van der Waals surface area (Å²) in [5, 5.41) is 63.1. The molecule has 8 aliphatic rings. The zero-order valence-electron chi connectivity index (χ0n) is 30.9. The molecule has 0 aromatic rings. The van der Waals surface area contributed by atoms with Gasteiger partial charge < -0.3 is 59.1 Å². The van der Waals surface area contributed by atoms with E-state index in [1.54, 1.807) is 0 Å². The van der Waals surface area contributed by atoms with Crippen LogP contribution in [0.4, 0.5) is 0 Å². The summed E-state index contributed by atoms with van der Waals surface area (Å²) >= 11 is 0. The molecule has 4 aliphatic carbocycles. The Kier molecular flexibility index (Phi) is 9.83. The van der Waals surface area contributed by atoms with Crippen LogP contribution in [-0.4, -0.2) is 123 Å². The monoisotopic (exact) mass is 722 g/mol. The molecule has 7 fully saturated rings. The Morgan fingerprint density at radius 2 is 1.57 bits per heavy atom. The molecule has 6 N–H and O–H groups in total. The van der Waals surface area contributed by atoms with Crippen LogP contribution in [0.3, 0.4) is 0 Å². The van der Waals surface area contributed by atoms with Crippen molar-refractivity contribution >= 4 is 0 Å². The Morgan fingerprint density at radius 3 is 2.29 bits per heavy atom. The molecule has 0 unspecified atom stereocenters. The topological polar surface area (TPSA) is 177 Å². The number of hydrogen-bond acceptors (Lipinski definition) is 12. The predicted octanol–water partition coefficient (Wildman–Crippen LogP) is 2.39. The normalized spacial score (nSPS) is 58.4. The van der Waals surface area contributed by atoms with E-state index < -0.39 is 73.8 Å². The van der Waals surface area contributed by atoms with Crippen LogP contribution in [0.15, 0.2) is 11.6 Å². The number of rotatable bonds is 5. The minimum atomic E-state index is -1.61. The number of aliphatic hydroxyl groups is 6. The van der Waals surface area contributed by atoms with Crippen LogP contribution in [0.2, 0.25) is 0 Å². The fourth-order valence-corrected chi connectivity index (χ4v) is 12.6. The summed E-state index contributed by atoms with van der Waals surface area (Å²) in [5.74, 6) is 2.99. The molecule has 0 bridgehead atoms. The van der Waals surface area contributed by atoms with Gasteiger partial charge in [0.05, 0.1) is 31.5 Å². The minimum Gasteiger partial charge on any atom is -0.394 e. The average Bonchev–Trinajstić information content (AvgIpc) is 3.56. The smallest absolute Gasteiger partial charge is 0.187 e. The Balaban J connectivity index is 0.915. The van der Waals surface area contributed by atoms with Crippen molar-refractivity contribution in [2.24, 2.45) is 46.3 Å². The highest BCUT2D eigenvalue weighted by Gasteiger charge is 2.68. The maximum Gasteiger partial charge on any atom is 0.187 e. The van der Waals surface area contributed by atoms with Crippen LogP contribution in [0.25, 0.3) is 0 Å². The molecule has 0 amide bonds. The summed E-state index contributed by atoms with van der Waals surface area (Å²) in [4.78, 5) is 0. The fourth-order valence-electron chi connectivity index (χ4n) is 12.6. The van der Waals surface area contributed by atoms with Crippen molar-refractivity contribution < 1.29 is 59.1 Å². The van der Waals surface area contributed by atoms with E-state index in [1.807, 2.05) is 0 Å². The van der Waals surface area contributed by atoms with Crippen LogP contribution in [0.5, 0.6) is 0 Å². The van der Waals surface area contributed by atoms with Gasteiger partial charge in [-0.2, -0.15) is 0 Å². The first-order chi connectivity index (χ1) is 24.2. The Morgan fingerprint density at radius 1 is 0.824 bits per heavy atom. The van der Waals surface area contributed by atoms with Gasteiger partial charge in [0.15, 0.2) is 18.4 Å². The number of fused-ring (bicyclic) bond motifs is 7. The van der Waals surface area contributed by atoms with Crippen molar-refractivity contribution in [1.29, 1.82) is 0 Å². The Bertz CT molecular complexity index is 1300. The first kappa shape index (κ1) is 37.2. The van der Waals surface area contributed by atoms with E-state index >= 15 is 0 Å². The summed E-state index contributed by atoms with van der Waals surface area (Å²) < 4.78 is 37.1. The summed E-state index contributed by atoms with van der Waals surface area (Å²) in [6.45, 7) is 11.5. The van der Waals surface area contributed by atoms with Gasteiger partial charge in [-0.05, 0) is 98.7 Å². The molecule has 4 heterocycles. The molecular weight excluding hydrogens is 660 g/mol. The van der Waals surface area contributed by atoms with Crippen molar-refractivity contribution in [3.05, 3.63) is 11.6 Å². The molecule has 8 rings (SSSR count). The van der Waals surface area contributed by atoms with E-state index in [2.05, 4.69) is 33.8 Å². The van der Waals surface area contributed by atoms with Crippen LogP contribution in [0.1, 0.15) is 92.4 Å². The predicted molar refractivity (Wildman–Crippen MR) is 182 cm³/mol. The average molecular weight is 723 g/mol. The largest absolute Gasteiger partial charge is 0.394 e. The van der Waals surface area contributed by atoms with E-state index in [9.17, 15) is 30.6 Å². The number of allylic oxidation sites excluding steroid dienone is 1. The number of aliphatic hydroxyl groups excluding tert-OH is 6. The lowest BCUT2D eigenvalue weighted by Crippen LogP contribution is -2.64. The molecule has 4 saturated heterocycles. The minimum absolute atomic E-state index is 0.0757. The molecule has 4 aliphatic heterocycles. The second kappa shape index (κ2) is 13.5. The third-order valence-electron chi connectivity index (χ3n) is 15.6. The van der Waals surface area contributed by atoms with Gasteiger partial charge in [-0.15, -0.1) is 0 Å². The van der Waals surface area contributed by atoms with Crippen molar-refractivity contribution in [2.45, 2.75) is 172 Å².